The second-order valence-corrected chi connectivity index (χ2v) is 4.35. The molecular formula is C10H14BrF4NO2. The lowest BCUT2D eigenvalue weighted by Crippen LogP contribution is -2.52. The van der Waals surface area contributed by atoms with Crippen LogP contribution in [0.5, 0.6) is 0 Å². The first kappa shape index (κ1) is 17.3. The van der Waals surface area contributed by atoms with E-state index in [9.17, 15) is 27.2 Å². The molecular weight excluding hydrogens is 322 g/mol. The molecule has 0 radical (unpaired) electrons. The Morgan fingerprint density at radius 1 is 1.33 bits per heavy atom. The van der Waals surface area contributed by atoms with Gasteiger partial charge in [0.2, 0.25) is 0 Å². The van der Waals surface area contributed by atoms with Gasteiger partial charge >= 0.3 is 12.3 Å². The van der Waals surface area contributed by atoms with E-state index >= 15 is 0 Å². The first-order chi connectivity index (χ1) is 8.18. The summed E-state index contributed by atoms with van der Waals surface area (Å²) >= 11 is 2.82. The molecule has 1 unspecified atom stereocenters. The number of hydrogen-bond acceptors (Lipinski definition) is 2. The predicted molar refractivity (Wildman–Crippen MR) is 61.2 cm³/mol. The van der Waals surface area contributed by atoms with Gasteiger partial charge in [-0.1, -0.05) is 22.9 Å². The summed E-state index contributed by atoms with van der Waals surface area (Å²) in [7, 11) is 0. The minimum absolute atomic E-state index is 0.131. The fourth-order valence-corrected chi connectivity index (χ4v) is 1.34. The summed E-state index contributed by atoms with van der Waals surface area (Å²) in [6, 6.07) is -0.717. The molecule has 1 amide bonds. The van der Waals surface area contributed by atoms with Crippen LogP contribution in [0.1, 0.15) is 20.3 Å². The Balaban J connectivity index is 5.08. The van der Waals surface area contributed by atoms with Crippen LogP contribution in [-0.4, -0.2) is 46.9 Å². The molecule has 0 bridgehead atoms. The van der Waals surface area contributed by atoms with Crippen molar-refractivity contribution in [2.24, 2.45) is 0 Å². The van der Waals surface area contributed by atoms with E-state index in [1.54, 1.807) is 6.92 Å². The van der Waals surface area contributed by atoms with Crippen LogP contribution in [0.4, 0.5) is 17.6 Å². The molecule has 18 heavy (non-hydrogen) atoms. The molecule has 8 heteroatoms. The average molecular weight is 336 g/mol. The average Bonchev–Trinajstić information content (AvgIpc) is 2.33. The van der Waals surface area contributed by atoms with Gasteiger partial charge in [0.15, 0.2) is 5.78 Å². The van der Waals surface area contributed by atoms with Crippen LogP contribution in [-0.2, 0) is 9.59 Å². The van der Waals surface area contributed by atoms with Crippen LogP contribution in [0.15, 0.2) is 0 Å². The fourth-order valence-electron chi connectivity index (χ4n) is 1.17. The summed E-state index contributed by atoms with van der Waals surface area (Å²) in [6.45, 7) is 2.41. The molecule has 0 aliphatic rings. The maximum atomic E-state index is 13.0. The summed E-state index contributed by atoms with van der Waals surface area (Å²) < 4.78 is 50.2. The van der Waals surface area contributed by atoms with Crippen LogP contribution in [0.25, 0.3) is 0 Å². The summed E-state index contributed by atoms with van der Waals surface area (Å²) in [5, 5.41) is -0.131. The van der Waals surface area contributed by atoms with E-state index in [1.165, 1.54) is 6.92 Å². The minimum Gasteiger partial charge on any atom is -0.327 e. The zero-order valence-corrected chi connectivity index (χ0v) is 11.5. The highest BCUT2D eigenvalue weighted by Gasteiger charge is 2.51. The third-order valence-electron chi connectivity index (χ3n) is 2.44. The van der Waals surface area contributed by atoms with Gasteiger partial charge < -0.3 is 4.90 Å². The summed E-state index contributed by atoms with van der Waals surface area (Å²) in [5.74, 6) is -7.31. The maximum absolute atomic E-state index is 13.0. The van der Waals surface area contributed by atoms with Crippen LogP contribution >= 0.6 is 15.9 Å². The van der Waals surface area contributed by atoms with Crippen LogP contribution in [0.2, 0.25) is 0 Å². The molecule has 3 nitrogen and oxygen atoms in total. The second-order valence-electron chi connectivity index (χ2n) is 3.79. The standard InChI is InChI=1S/C10H14BrF4NO2/c1-3-6(2)16(5-7(17)4-11)9(18)10(14,15)8(12)13/h6,8H,3-5H2,1-2H3. The third kappa shape index (κ3) is 4.22. The van der Waals surface area contributed by atoms with E-state index in [4.69, 9.17) is 0 Å². The number of amides is 1. The van der Waals surface area contributed by atoms with Crippen molar-refractivity contribution in [1.82, 2.24) is 4.90 Å². The van der Waals surface area contributed by atoms with Gasteiger partial charge in [-0.15, -0.1) is 0 Å². The number of carbonyl (C=O) groups is 2. The lowest BCUT2D eigenvalue weighted by atomic mass is 10.1. The van der Waals surface area contributed by atoms with E-state index in [2.05, 4.69) is 15.9 Å². The van der Waals surface area contributed by atoms with Crippen molar-refractivity contribution in [2.45, 2.75) is 38.7 Å². The summed E-state index contributed by atoms with van der Waals surface area (Å²) in [6.07, 6.45) is -3.81. The quantitative estimate of drug-likeness (QED) is 0.529. The summed E-state index contributed by atoms with van der Waals surface area (Å²) in [5.41, 5.74) is 0. The fraction of sp³-hybridized carbons (Fsp3) is 0.800. The zero-order valence-electron chi connectivity index (χ0n) is 9.93. The predicted octanol–water partition coefficient (Wildman–Crippen LogP) is 2.48. The molecule has 0 saturated heterocycles. The lowest BCUT2D eigenvalue weighted by molar-refractivity contribution is -0.183. The SMILES string of the molecule is CCC(C)N(CC(=O)CBr)C(=O)C(F)(F)C(F)F. The van der Waals surface area contributed by atoms with Gasteiger partial charge in [-0.2, -0.15) is 8.78 Å². The van der Waals surface area contributed by atoms with Crippen LogP contribution in [0.3, 0.4) is 0 Å². The highest BCUT2D eigenvalue weighted by Crippen LogP contribution is 2.26. The minimum atomic E-state index is -4.77. The largest absolute Gasteiger partial charge is 0.383 e. The van der Waals surface area contributed by atoms with Gasteiger partial charge in [0.25, 0.3) is 5.91 Å². The number of Topliss-reactive ketones (excluding diaryl/α,β-unsaturated/α-hetero) is 1. The van der Waals surface area contributed by atoms with E-state index in [-0.39, 0.29) is 11.8 Å². The van der Waals surface area contributed by atoms with E-state index in [1.807, 2.05) is 0 Å². The van der Waals surface area contributed by atoms with E-state index < -0.39 is 36.6 Å². The Morgan fingerprint density at radius 2 is 1.83 bits per heavy atom. The van der Waals surface area contributed by atoms with Crippen molar-refractivity contribution >= 4 is 27.6 Å². The molecule has 0 aliphatic heterocycles. The first-order valence-electron chi connectivity index (χ1n) is 5.23. The molecule has 0 heterocycles. The van der Waals surface area contributed by atoms with Crippen molar-refractivity contribution in [3.05, 3.63) is 0 Å². The molecule has 0 rings (SSSR count). The molecule has 0 spiro atoms. The normalized spacial score (nSPS) is 13.6. The van der Waals surface area contributed by atoms with E-state index in [0.29, 0.717) is 4.90 Å². The Labute approximate surface area is 111 Å². The van der Waals surface area contributed by atoms with Crippen LogP contribution < -0.4 is 0 Å². The highest BCUT2D eigenvalue weighted by atomic mass is 79.9. The van der Waals surface area contributed by atoms with Crippen molar-refractivity contribution in [3.63, 3.8) is 0 Å². The van der Waals surface area contributed by atoms with Gasteiger partial charge in [-0.25, -0.2) is 8.78 Å². The highest BCUT2D eigenvalue weighted by molar-refractivity contribution is 9.09. The Morgan fingerprint density at radius 3 is 2.17 bits per heavy atom. The number of ketones is 1. The monoisotopic (exact) mass is 335 g/mol. The van der Waals surface area contributed by atoms with Crippen LogP contribution in [0, 0.1) is 0 Å². The van der Waals surface area contributed by atoms with Gasteiger partial charge in [0.1, 0.15) is 0 Å². The van der Waals surface area contributed by atoms with Gasteiger partial charge in [-0.3, -0.25) is 9.59 Å². The molecule has 0 fully saturated rings. The number of halogens is 5. The van der Waals surface area contributed by atoms with Gasteiger partial charge in [0.05, 0.1) is 11.9 Å². The van der Waals surface area contributed by atoms with Crippen molar-refractivity contribution in [1.29, 1.82) is 0 Å². The molecule has 0 saturated carbocycles. The van der Waals surface area contributed by atoms with E-state index in [0.717, 1.165) is 0 Å². The van der Waals surface area contributed by atoms with Gasteiger partial charge in [-0.05, 0) is 13.3 Å². The maximum Gasteiger partial charge on any atom is 0.383 e. The topological polar surface area (TPSA) is 37.4 Å². The third-order valence-corrected chi connectivity index (χ3v) is 3.06. The molecule has 106 valence electrons. The number of rotatable bonds is 7. The van der Waals surface area contributed by atoms with Gasteiger partial charge in [0, 0.05) is 6.04 Å². The Kier molecular flexibility index (Phi) is 6.80. The molecule has 0 aliphatic carbocycles. The Hall–Kier alpha value is -0.660. The molecule has 0 N–H and O–H groups in total. The molecule has 0 aromatic rings. The smallest absolute Gasteiger partial charge is 0.327 e. The lowest BCUT2D eigenvalue weighted by Gasteiger charge is -2.30. The number of nitrogens with zero attached hydrogens (tertiary/aromatic N) is 1. The number of carbonyl (C=O) groups excluding carboxylic acids is 2. The second kappa shape index (κ2) is 7.06. The zero-order chi connectivity index (χ0) is 14.5. The first-order valence-corrected chi connectivity index (χ1v) is 6.35. The Bertz CT molecular complexity index is 312. The summed E-state index contributed by atoms with van der Waals surface area (Å²) in [4.78, 5) is 23.1. The molecule has 0 aromatic heterocycles. The molecule has 0 aromatic carbocycles. The number of alkyl halides is 5. The van der Waals surface area contributed by atoms with Crippen molar-refractivity contribution in [2.75, 3.05) is 11.9 Å². The molecule has 1 atom stereocenters. The number of hydrogen-bond donors (Lipinski definition) is 0. The van der Waals surface area contributed by atoms with Crippen molar-refractivity contribution in [3.8, 4) is 0 Å². The van der Waals surface area contributed by atoms with Crippen molar-refractivity contribution < 1.29 is 27.2 Å².